The van der Waals surface area contributed by atoms with Crippen molar-refractivity contribution in [2.75, 3.05) is 12.4 Å². The van der Waals surface area contributed by atoms with E-state index < -0.39 is 23.4 Å². The minimum atomic E-state index is -4.93. The van der Waals surface area contributed by atoms with Crippen molar-refractivity contribution in [3.8, 4) is 5.75 Å². The monoisotopic (exact) mass is 436 g/mol. The normalized spacial score (nSPS) is 13.6. The number of ether oxygens (including phenoxy) is 1. The lowest BCUT2D eigenvalue weighted by atomic mass is 9.95. The Balaban J connectivity index is 2.10. The van der Waals surface area contributed by atoms with Crippen molar-refractivity contribution >= 4 is 34.9 Å². The fourth-order valence-corrected chi connectivity index (χ4v) is 2.80. The molecule has 2 aromatic carbocycles. The standard InChI is InChI=1S/C18H17Cl2F3N2O3/c1-17(27,18(21,22)23)11-7-13(19)15(14(20)8-11)25-16(26)24-9-10-3-5-12(28-2)6-4-10/h3-8,27H,9H2,1-2H3,(H2,24,25,26). The molecule has 152 valence electrons. The highest BCUT2D eigenvalue weighted by Crippen LogP contribution is 2.42. The van der Waals surface area contributed by atoms with Crippen LogP contribution in [0.1, 0.15) is 18.1 Å². The van der Waals surface area contributed by atoms with Crippen molar-refractivity contribution < 1.29 is 27.8 Å². The average molecular weight is 437 g/mol. The van der Waals surface area contributed by atoms with Crippen LogP contribution in [0, 0.1) is 0 Å². The van der Waals surface area contributed by atoms with Crippen LogP contribution in [0.3, 0.4) is 0 Å². The predicted molar refractivity (Wildman–Crippen MR) is 101 cm³/mol. The third kappa shape index (κ3) is 5.01. The lowest BCUT2D eigenvalue weighted by Gasteiger charge is -2.27. The van der Waals surface area contributed by atoms with E-state index in [2.05, 4.69) is 10.6 Å². The molecular formula is C18H17Cl2F3N2O3. The van der Waals surface area contributed by atoms with Crippen LogP contribution in [0.25, 0.3) is 0 Å². The first kappa shape index (κ1) is 22.1. The van der Waals surface area contributed by atoms with E-state index in [0.717, 1.165) is 17.7 Å². The maximum atomic E-state index is 13.0. The summed E-state index contributed by atoms with van der Waals surface area (Å²) < 4.78 is 44.0. The first-order chi connectivity index (χ1) is 13.0. The van der Waals surface area contributed by atoms with E-state index in [0.29, 0.717) is 12.7 Å². The molecule has 0 radical (unpaired) electrons. The molecule has 0 aliphatic heterocycles. The number of anilines is 1. The zero-order valence-corrected chi connectivity index (χ0v) is 16.3. The van der Waals surface area contributed by atoms with Crippen LogP contribution in [0.4, 0.5) is 23.7 Å². The molecule has 0 aromatic heterocycles. The molecule has 5 nitrogen and oxygen atoms in total. The molecule has 1 unspecified atom stereocenters. The van der Waals surface area contributed by atoms with Gasteiger partial charge in [-0.15, -0.1) is 0 Å². The number of aliphatic hydroxyl groups is 1. The zero-order valence-electron chi connectivity index (χ0n) is 14.8. The SMILES string of the molecule is COc1ccc(CNC(=O)Nc2c(Cl)cc(C(C)(O)C(F)(F)F)cc2Cl)cc1. The van der Waals surface area contributed by atoms with Gasteiger partial charge in [-0.25, -0.2) is 4.79 Å². The largest absolute Gasteiger partial charge is 0.497 e. The van der Waals surface area contributed by atoms with Gasteiger partial charge >= 0.3 is 12.2 Å². The van der Waals surface area contributed by atoms with Gasteiger partial charge in [0.15, 0.2) is 5.60 Å². The van der Waals surface area contributed by atoms with Crippen LogP contribution in [0.2, 0.25) is 10.0 Å². The number of methoxy groups -OCH3 is 1. The van der Waals surface area contributed by atoms with E-state index >= 15 is 0 Å². The second-order valence-corrected chi connectivity index (χ2v) is 6.86. The van der Waals surface area contributed by atoms with Crippen molar-refractivity contribution in [1.82, 2.24) is 5.32 Å². The molecule has 0 saturated carbocycles. The summed E-state index contributed by atoms with van der Waals surface area (Å²) >= 11 is 11.9. The molecule has 28 heavy (non-hydrogen) atoms. The number of benzene rings is 2. The van der Waals surface area contributed by atoms with E-state index in [4.69, 9.17) is 27.9 Å². The van der Waals surface area contributed by atoms with E-state index in [-0.39, 0.29) is 22.3 Å². The molecule has 2 amide bonds. The molecule has 10 heteroatoms. The lowest BCUT2D eigenvalue weighted by Crippen LogP contribution is -2.39. The molecule has 2 rings (SSSR count). The number of hydrogen-bond donors (Lipinski definition) is 3. The highest BCUT2D eigenvalue weighted by atomic mass is 35.5. The second kappa shape index (κ2) is 8.46. The topological polar surface area (TPSA) is 70.6 Å². The molecule has 0 aliphatic rings. The van der Waals surface area contributed by atoms with Gasteiger partial charge in [-0.1, -0.05) is 35.3 Å². The molecule has 0 spiro atoms. The average Bonchev–Trinajstić information content (AvgIpc) is 2.62. The van der Waals surface area contributed by atoms with Crippen LogP contribution in [-0.4, -0.2) is 24.4 Å². The molecule has 0 bridgehead atoms. The van der Waals surface area contributed by atoms with E-state index in [1.807, 2.05) is 0 Å². The molecule has 0 heterocycles. The Morgan fingerprint density at radius 3 is 2.14 bits per heavy atom. The maximum absolute atomic E-state index is 13.0. The van der Waals surface area contributed by atoms with Crippen molar-refractivity contribution in [1.29, 1.82) is 0 Å². The molecule has 0 saturated heterocycles. The quantitative estimate of drug-likeness (QED) is 0.610. The zero-order chi connectivity index (χ0) is 21.1. The number of amides is 2. The predicted octanol–water partition coefficient (Wildman–Crippen LogP) is 5.09. The number of carbonyl (C=O) groups excluding carboxylic acids is 1. The van der Waals surface area contributed by atoms with E-state index in [9.17, 15) is 23.1 Å². The van der Waals surface area contributed by atoms with Gasteiger partial charge in [0, 0.05) is 6.54 Å². The lowest BCUT2D eigenvalue weighted by molar-refractivity contribution is -0.258. The molecule has 1 atom stereocenters. The Labute approximate surface area is 169 Å². The second-order valence-electron chi connectivity index (χ2n) is 6.04. The Morgan fingerprint density at radius 2 is 1.68 bits per heavy atom. The maximum Gasteiger partial charge on any atom is 0.421 e. The van der Waals surface area contributed by atoms with Crippen LogP contribution in [0.5, 0.6) is 5.75 Å². The first-order valence-electron chi connectivity index (χ1n) is 7.92. The van der Waals surface area contributed by atoms with Crippen LogP contribution < -0.4 is 15.4 Å². The Hall–Kier alpha value is -2.16. The van der Waals surface area contributed by atoms with Gasteiger partial charge in [-0.2, -0.15) is 13.2 Å². The van der Waals surface area contributed by atoms with Crippen molar-refractivity contribution in [3.05, 3.63) is 57.6 Å². The Morgan fingerprint density at radius 1 is 1.14 bits per heavy atom. The summed E-state index contributed by atoms with van der Waals surface area (Å²) in [6.45, 7) is 0.773. The number of carbonyl (C=O) groups is 1. The van der Waals surface area contributed by atoms with Crippen molar-refractivity contribution in [3.63, 3.8) is 0 Å². The fourth-order valence-electron chi connectivity index (χ4n) is 2.22. The minimum absolute atomic E-state index is 0.0720. The summed E-state index contributed by atoms with van der Waals surface area (Å²) in [5.41, 5.74) is -2.96. The van der Waals surface area contributed by atoms with Crippen LogP contribution in [-0.2, 0) is 12.1 Å². The van der Waals surface area contributed by atoms with Gasteiger partial charge in [0.25, 0.3) is 0 Å². The smallest absolute Gasteiger partial charge is 0.421 e. The van der Waals surface area contributed by atoms with Crippen LogP contribution in [0.15, 0.2) is 36.4 Å². The summed E-state index contributed by atoms with van der Waals surface area (Å²) in [7, 11) is 1.54. The third-order valence-electron chi connectivity index (χ3n) is 4.01. The summed E-state index contributed by atoms with van der Waals surface area (Å²) in [4.78, 5) is 12.1. The molecule has 3 N–H and O–H groups in total. The number of alkyl halides is 3. The first-order valence-corrected chi connectivity index (χ1v) is 8.67. The van der Waals surface area contributed by atoms with Gasteiger partial charge < -0.3 is 20.5 Å². The highest BCUT2D eigenvalue weighted by Gasteiger charge is 2.51. The Bertz CT molecular complexity index is 833. The van der Waals surface area contributed by atoms with Gasteiger partial charge in [0.05, 0.1) is 22.8 Å². The van der Waals surface area contributed by atoms with Crippen molar-refractivity contribution in [2.24, 2.45) is 0 Å². The summed E-state index contributed by atoms with van der Waals surface area (Å²) in [5.74, 6) is 0.668. The molecule has 0 aliphatic carbocycles. The van der Waals surface area contributed by atoms with Crippen LogP contribution >= 0.6 is 23.2 Å². The van der Waals surface area contributed by atoms with Gasteiger partial charge in [0.2, 0.25) is 0 Å². The number of hydrogen-bond acceptors (Lipinski definition) is 3. The summed E-state index contributed by atoms with van der Waals surface area (Å²) in [6, 6.07) is 8.12. The Kier molecular flexibility index (Phi) is 6.69. The highest BCUT2D eigenvalue weighted by molar-refractivity contribution is 6.39. The van der Waals surface area contributed by atoms with Gasteiger partial charge in [0.1, 0.15) is 5.75 Å². The minimum Gasteiger partial charge on any atom is -0.497 e. The fraction of sp³-hybridized carbons (Fsp3) is 0.278. The molecule has 2 aromatic rings. The summed E-state index contributed by atoms with van der Waals surface area (Å²) in [5, 5.41) is 14.2. The third-order valence-corrected chi connectivity index (χ3v) is 4.60. The number of nitrogens with one attached hydrogen (secondary N) is 2. The molecular weight excluding hydrogens is 420 g/mol. The number of urea groups is 1. The van der Waals surface area contributed by atoms with E-state index in [1.165, 1.54) is 7.11 Å². The van der Waals surface area contributed by atoms with Gasteiger partial charge in [-0.3, -0.25) is 0 Å². The van der Waals surface area contributed by atoms with Gasteiger partial charge in [-0.05, 0) is 42.3 Å². The number of rotatable bonds is 5. The molecule has 0 fully saturated rings. The van der Waals surface area contributed by atoms with Crippen molar-refractivity contribution in [2.45, 2.75) is 25.2 Å². The van der Waals surface area contributed by atoms with E-state index in [1.54, 1.807) is 24.3 Å². The number of halogens is 5. The summed E-state index contributed by atoms with van der Waals surface area (Å²) in [6.07, 6.45) is -4.93.